The number of hydrogen-bond donors (Lipinski definition) is 7. The van der Waals surface area contributed by atoms with Gasteiger partial charge in [-0.1, -0.05) is 12.1 Å². The number of nitrogens with two attached hydrogens (primary N) is 1. The Morgan fingerprint density at radius 3 is 2.50 bits per heavy atom. The number of thiophene rings is 1. The maximum Gasteiger partial charge on any atom is 0.238 e. The average molecular weight is 615 g/mol. The summed E-state index contributed by atoms with van der Waals surface area (Å²) in [6.07, 6.45) is -1.51. The molecule has 1 saturated carbocycles. The minimum absolute atomic E-state index is 0. The van der Waals surface area contributed by atoms with E-state index in [9.17, 15) is 39.6 Å². The van der Waals surface area contributed by atoms with E-state index in [-0.39, 0.29) is 66.6 Å². The Balaban J connectivity index is 0.00000220. The van der Waals surface area contributed by atoms with Crippen LogP contribution in [0.15, 0.2) is 41.0 Å². The number of carbonyl (C=O) groups is 4. The zero-order valence-corrected chi connectivity index (χ0v) is 23.4. The molecule has 40 heavy (non-hydrogen) atoms. The minimum atomic E-state index is -2.39. The highest BCUT2D eigenvalue weighted by molar-refractivity contribution is 7.09. The number of rotatable bonds is 6. The molecule has 5 atom stereocenters. The lowest BCUT2D eigenvalue weighted by molar-refractivity contribution is -0.155. The number of phenolic OH excluding ortho intramolecular Hbond substituents is 1. The molecule has 0 aliphatic heterocycles. The van der Waals surface area contributed by atoms with E-state index in [0.717, 1.165) is 4.88 Å². The third-order valence-electron chi connectivity index (χ3n) is 7.68. The van der Waals surface area contributed by atoms with E-state index in [1.807, 2.05) is 17.5 Å². The number of fused-ring (bicyclic) bond motifs is 3. The van der Waals surface area contributed by atoms with Crippen molar-refractivity contribution in [3.8, 4) is 5.75 Å². The van der Waals surface area contributed by atoms with Gasteiger partial charge in [0.05, 0.1) is 29.8 Å². The van der Waals surface area contributed by atoms with Crippen molar-refractivity contribution in [2.24, 2.45) is 17.6 Å². The Morgan fingerprint density at radius 2 is 1.85 bits per heavy atom. The second-order valence-electron chi connectivity index (χ2n) is 9.95. The number of ketones is 2. The zero-order chi connectivity index (χ0) is 27.4. The molecule has 5 rings (SSSR count). The predicted molar refractivity (Wildman–Crippen MR) is 150 cm³/mol. The van der Waals surface area contributed by atoms with Crippen LogP contribution in [0.4, 0.5) is 5.69 Å². The quantitative estimate of drug-likeness (QED) is 0.237. The monoisotopic (exact) mass is 613 g/mol. The molecule has 0 spiro atoms. The van der Waals surface area contributed by atoms with E-state index in [0.29, 0.717) is 6.54 Å². The van der Waals surface area contributed by atoms with Crippen LogP contribution >= 0.6 is 36.2 Å². The van der Waals surface area contributed by atoms with Crippen LogP contribution in [0.5, 0.6) is 5.75 Å². The number of phenols is 1. The van der Waals surface area contributed by atoms with Crippen LogP contribution in [-0.4, -0.2) is 62.1 Å². The summed E-state index contributed by atoms with van der Waals surface area (Å²) in [7, 11) is 0. The SMILES string of the molecule is Cl.Cl.NC(=O)C1c2ccc(NC(=O)CNCc3cccs3)c(O)c2C(=O)C2=C(O)C3(O)C(=O)CC(O)CC3CC21. The number of carbonyl (C=O) groups excluding carboxylic acids is 4. The van der Waals surface area contributed by atoms with Gasteiger partial charge in [0.25, 0.3) is 0 Å². The van der Waals surface area contributed by atoms with Crippen LogP contribution in [0.2, 0.25) is 0 Å². The van der Waals surface area contributed by atoms with E-state index < -0.39 is 70.8 Å². The summed E-state index contributed by atoms with van der Waals surface area (Å²) >= 11 is 1.53. The van der Waals surface area contributed by atoms with Crippen molar-refractivity contribution in [1.82, 2.24) is 5.32 Å². The van der Waals surface area contributed by atoms with E-state index in [4.69, 9.17) is 5.73 Å². The molecular formula is C26H29Cl2N3O8S. The summed E-state index contributed by atoms with van der Waals surface area (Å²) in [6.45, 7) is 0.386. The number of nitrogens with one attached hydrogen (secondary N) is 2. The van der Waals surface area contributed by atoms with Crippen molar-refractivity contribution in [2.75, 3.05) is 11.9 Å². The number of benzene rings is 1. The van der Waals surface area contributed by atoms with Crippen LogP contribution in [-0.2, 0) is 20.9 Å². The van der Waals surface area contributed by atoms with Gasteiger partial charge in [0.1, 0.15) is 5.76 Å². The minimum Gasteiger partial charge on any atom is -0.508 e. The Labute approximate surface area is 245 Å². The summed E-state index contributed by atoms with van der Waals surface area (Å²) in [5.74, 6) is -7.62. The fourth-order valence-corrected chi connectivity index (χ4v) is 6.65. The first-order chi connectivity index (χ1) is 18.0. The summed E-state index contributed by atoms with van der Waals surface area (Å²) < 4.78 is 0. The van der Waals surface area contributed by atoms with Gasteiger partial charge in [0.15, 0.2) is 22.9 Å². The second-order valence-corrected chi connectivity index (χ2v) is 11.0. The Hall–Kier alpha value is -3.00. The molecule has 3 aliphatic carbocycles. The van der Waals surface area contributed by atoms with Crippen molar-refractivity contribution < 1.29 is 39.6 Å². The van der Waals surface area contributed by atoms with Gasteiger partial charge in [0, 0.05) is 35.3 Å². The standard InChI is InChI=1S/C26H27N3O8S.2ClH/c27-25(36)19-14-3-4-16(29-18(32)10-28-9-13-2-1-5-38-13)22(33)20(14)23(34)21-15(19)7-11-6-12(30)8-17(31)26(11,37)24(21)35;;/h1-5,11-12,15,19,28,30,33,35,37H,6-10H2,(H2,27,36)(H,29,32);2*1H. The van der Waals surface area contributed by atoms with Crippen molar-refractivity contribution in [1.29, 1.82) is 0 Å². The molecule has 0 bridgehead atoms. The Morgan fingerprint density at radius 1 is 1.12 bits per heavy atom. The number of anilines is 1. The maximum absolute atomic E-state index is 13.7. The lowest BCUT2D eigenvalue weighted by atomic mass is 9.57. The van der Waals surface area contributed by atoms with Crippen LogP contribution in [0.1, 0.15) is 46.0 Å². The van der Waals surface area contributed by atoms with E-state index in [1.54, 1.807) is 0 Å². The van der Waals surface area contributed by atoms with Crippen LogP contribution in [0.3, 0.4) is 0 Å². The van der Waals surface area contributed by atoms with Gasteiger partial charge in [-0.3, -0.25) is 19.2 Å². The number of allylic oxidation sites excluding steroid dienone is 1. The molecule has 0 radical (unpaired) electrons. The van der Waals surface area contributed by atoms with E-state index >= 15 is 0 Å². The van der Waals surface area contributed by atoms with Gasteiger partial charge in [-0.2, -0.15) is 0 Å². The number of Topliss-reactive ketones (excluding diaryl/α,β-unsaturated/α-hetero) is 2. The summed E-state index contributed by atoms with van der Waals surface area (Å²) in [5, 5.41) is 50.8. The van der Waals surface area contributed by atoms with Gasteiger partial charge in [-0.25, -0.2) is 0 Å². The number of aromatic hydroxyl groups is 1. The molecule has 8 N–H and O–H groups in total. The van der Waals surface area contributed by atoms with E-state index in [1.165, 1.54) is 23.5 Å². The average Bonchev–Trinajstić information content (AvgIpc) is 3.36. The predicted octanol–water partition coefficient (Wildman–Crippen LogP) is 1.69. The Kier molecular flexibility index (Phi) is 9.34. The molecule has 11 nitrogen and oxygen atoms in total. The molecular weight excluding hydrogens is 585 g/mol. The highest BCUT2D eigenvalue weighted by Gasteiger charge is 2.60. The second kappa shape index (κ2) is 11.9. The van der Waals surface area contributed by atoms with Crippen molar-refractivity contribution in [3.63, 3.8) is 0 Å². The maximum atomic E-state index is 13.7. The molecule has 1 fully saturated rings. The van der Waals surface area contributed by atoms with Crippen LogP contribution < -0.4 is 16.4 Å². The van der Waals surface area contributed by atoms with Crippen LogP contribution in [0.25, 0.3) is 0 Å². The number of primary amides is 1. The van der Waals surface area contributed by atoms with Gasteiger partial charge in [-0.05, 0) is 35.9 Å². The number of amides is 2. The number of aliphatic hydroxyl groups is 3. The molecule has 1 aromatic carbocycles. The summed E-state index contributed by atoms with van der Waals surface area (Å²) in [4.78, 5) is 52.5. The summed E-state index contributed by atoms with van der Waals surface area (Å²) in [6, 6.07) is 6.57. The number of aliphatic hydroxyl groups excluding tert-OH is 2. The molecule has 5 unspecified atom stereocenters. The topological polar surface area (TPSA) is 199 Å². The smallest absolute Gasteiger partial charge is 0.238 e. The third-order valence-corrected chi connectivity index (χ3v) is 8.56. The summed E-state index contributed by atoms with van der Waals surface area (Å²) in [5.41, 5.74) is 2.62. The zero-order valence-electron chi connectivity index (χ0n) is 21.0. The normalized spacial score (nSPS) is 26.9. The van der Waals surface area contributed by atoms with Crippen molar-refractivity contribution in [3.05, 3.63) is 57.0 Å². The molecule has 0 saturated heterocycles. The first-order valence-electron chi connectivity index (χ1n) is 12.1. The fourth-order valence-electron chi connectivity index (χ4n) is 5.97. The molecule has 2 aromatic rings. The number of halogens is 2. The number of hydrogen-bond acceptors (Lipinski definition) is 10. The van der Waals surface area contributed by atoms with Gasteiger partial charge < -0.3 is 36.8 Å². The van der Waals surface area contributed by atoms with Crippen molar-refractivity contribution in [2.45, 2.75) is 43.4 Å². The van der Waals surface area contributed by atoms with Gasteiger partial charge >= 0.3 is 0 Å². The lowest BCUT2D eigenvalue weighted by Gasteiger charge is -2.48. The Bertz CT molecular complexity index is 1380. The molecule has 1 heterocycles. The van der Waals surface area contributed by atoms with E-state index in [2.05, 4.69) is 10.6 Å². The first-order valence-corrected chi connectivity index (χ1v) is 13.0. The first kappa shape index (κ1) is 31.5. The van der Waals surface area contributed by atoms with Crippen LogP contribution in [0, 0.1) is 11.8 Å². The largest absolute Gasteiger partial charge is 0.508 e. The molecule has 2 amide bonds. The highest BCUT2D eigenvalue weighted by atomic mass is 35.5. The molecule has 14 heteroatoms. The third kappa shape index (κ3) is 5.11. The molecule has 1 aromatic heterocycles. The lowest BCUT2D eigenvalue weighted by Crippen LogP contribution is -2.58. The molecule has 216 valence electrons. The highest BCUT2D eigenvalue weighted by Crippen LogP contribution is 2.55. The fraction of sp³-hybridized carbons (Fsp3) is 0.385. The molecule has 3 aliphatic rings. The van der Waals surface area contributed by atoms with Gasteiger partial charge in [-0.15, -0.1) is 36.2 Å². The van der Waals surface area contributed by atoms with Gasteiger partial charge in [0.2, 0.25) is 11.8 Å². The van der Waals surface area contributed by atoms with Crippen molar-refractivity contribution >= 4 is 65.2 Å².